The monoisotopic (exact) mass is 365 g/mol. The molecular weight excluding hydrogens is 346 g/mol. The van der Waals surface area contributed by atoms with Crippen molar-refractivity contribution >= 4 is 23.2 Å². The summed E-state index contributed by atoms with van der Waals surface area (Å²) >= 11 is 6.26. The van der Waals surface area contributed by atoms with Crippen molar-refractivity contribution in [3.63, 3.8) is 0 Å². The van der Waals surface area contributed by atoms with E-state index in [1.54, 1.807) is 24.3 Å². The maximum Gasteiger partial charge on any atom is 0.255 e. The molecule has 0 atom stereocenters. The predicted octanol–water partition coefficient (Wildman–Crippen LogP) is 5.79. The van der Waals surface area contributed by atoms with Crippen molar-refractivity contribution in [1.82, 2.24) is 0 Å². The second-order valence-electron chi connectivity index (χ2n) is 6.19. The van der Waals surface area contributed by atoms with E-state index in [2.05, 4.69) is 5.32 Å². The van der Waals surface area contributed by atoms with Gasteiger partial charge in [-0.3, -0.25) is 4.79 Å². The van der Waals surface area contributed by atoms with E-state index in [1.807, 2.05) is 56.3 Å². The Morgan fingerprint density at radius 3 is 2.35 bits per heavy atom. The summed E-state index contributed by atoms with van der Waals surface area (Å²) in [6.45, 7) is 4.39. The Morgan fingerprint density at radius 2 is 1.69 bits per heavy atom. The third kappa shape index (κ3) is 4.44. The zero-order valence-corrected chi connectivity index (χ0v) is 15.5. The summed E-state index contributed by atoms with van der Waals surface area (Å²) in [7, 11) is 0. The molecule has 0 aliphatic carbocycles. The average Bonchev–Trinajstić information content (AvgIpc) is 2.64. The molecule has 0 saturated heterocycles. The van der Waals surface area contributed by atoms with Gasteiger partial charge >= 0.3 is 0 Å². The molecule has 132 valence electrons. The summed E-state index contributed by atoms with van der Waals surface area (Å²) in [4.78, 5) is 12.5. The number of ether oxygens (including phenoxy) is 1. The summed E-state index contributed by atoms with van der Waals surface area (Å²) in [5, 5.41) is 3.43. The number of hydrogen-bond donors (Lipinski definition) is 1. The Morgan fingerprint density at radius 1 is 1.00 bits per heavy atom. The van der Waals surface area contributed by atoms with Crippen molar-refractivity contribution < 1.29 is 9.53 Å². The smallest absolute Gasteiger partial charge is 0.255 e. The molecule has 0 spiro atoms. The molecule has 4 heteroatoms. The van der Waals surface area contributed by atoms with Gasteiger partial charge in [-0.2, -0.15) is 0 Å². The normalized spacial score (nSPS) is 10.4. The maximum absolute atomic E-state index is 12.5. The number of halogens is 1. The van der Waals surface area contributed by atoms with Crippen molar-refractivity contribution in [3.05, 3.63) is 94.0 Å². The minimum Gasteiger partial charge on any atom is -0.489 e. The largest absolute Gasteiger partial charge is 0.489 e. The minimum atomic E-state index is -0.200. The van der Waals surface area contributed by atoms with Crippen LogP contribution in [0.25, 0.3) is 0 Å². The van der Waals surface area contributed by atoms with E-state index in [9.17, 15) is 4.79 Å². The highest BCUT2D eigenvalue weighted by molar-refractivity contribution is 6.34. The molecule has 0 heterocycles. The molecule has 0 radical (unpaired) electrons. The quantitative estimate of drug-likeness (QED) is 0.621. The van der Waals surface area contributed by atoms with Gasteiger partial charge in [0.1, 0.15) is 12.4 Å². The Kier molecular flexibility index (Phi) is 5.59. The maximum atomic E-state index is 12.5. The standard InChI is InChI=1S/C22H20ClNO2/c1-15-12-16(2)21(20(23)13-15)24-22(25)18-8-10-19(11-9-18)26-14-17-6-4-3-5-7-17/h3-13H,14H2,1-2H3,(H,24,25). The van der Waals surface area contributed by atoms with Crippen LogP contribution in [0.5, 0.6) is 5.75 Å². The zero-order chi connectivity index (χ0) is 18.5. The number of benzene rings is 3. The highest BCUT2D eigenvalue weighted by atomic mass is 35.5. The number of hydrogen-bond acceptors (Lipinski definition) is 2. The van der Waals surface area contributed by atoms with Gasteiger partial charge in [0.25, 0.3) is 5.91 Å². The lowest BCUT2D eigenvalue weighted by atomic mass is 10.1. The van der Waals surface area contributed by atoms with E-state index < -0.39 is 0 Å². The Bertz CT molecular complexity index is 882. The van der Waals surface area contributed by atoms with Gasteiger partial charge in [0.2, 0.25) is 0 Å². The number of carbonyl (C=O) groups is 1. The van der Waals surface area contributed by atoms with Gasteiger partial charge in [0, 0.05) is 5.56 Å². The number of anilines is 1. The number of amides is 1. The molecule has 1 amide bonds. The molecule has 0 aliphatic heterocycles. The van der Waals surface area contributed by atoms with E-state index in [4.69, 9.17) is 16.3 Å². The van der Waals surface area contributed by atoms with Crippen LogP contribution in [0.2, 0.25) is 5.02 Å². The zero-order valence-electron chi connectivity index (χ0n) is 14.8. The van der Waals surface area contributed by atoms with Gasteiger partial charge in [-0.1, -0.05) is 48.0 Å². The molecule has 1 N–H and O–H groups in total. The number of nitrogens with one attached hydrogen (secondary N) is 1. The van der Waals surface area contributed by atoms with E-state index in [0.717, 1.165) is 22.4 Å². The molecule has 3 aromatic carbocycles. The van der Waals surface area contributed by atoms with Crippen LogP contribution in [-0.4, -0.2) is 5.91 Å². The second-order valence-corrected chi connectivity index (χ2v) is 6.60. The van der Waals surface area contributed by atoms with Crippen molar-refractivity contribution in [2.24, 2.45) is 0 Å². The molecule has 0 unspecified atom stereocenters. The first-order valence-corrected chi connectivity index (χ1v) is 8.75. The fraction of sp³-hybridized carbons (Fsp3) is 0.136. The Balaban J connectivity index is 1.66. The molecule has 0 bridgehead atoms. The van der Waals surface area contributed by atoms with Crippen molar-refractivity contribution in [1.29, 1.82) is 0 Å². The first-order chi connectivity index (χ1) is 12.5. The summed E-state index contributed by atoms with van der Waals surface area (Å²) < 4.78 is 5.74. The first kappa shape index (κ1) is 18.0. The van der Waals surface area contributed by atoms with Crippen LogP contribution in [-0.2, 0) is 6.61 Å². The predicted molar refractivity (Wildman–Crippen MR) is 106 cm³/mol. The molecule has 3 nitrogen and oxygen atoms in total. The summed E-state index contributed by atoms with van der Waals surface area (Å²) in [6, 6.07) is 20.8. The van der Waals surface area contributed by atoms with Gasteiger partial charge in [-0.05, 0) is 60.9 Å². The molecule has 0 aromatic heterocycles. The molecule has 3 aromatic rings. The number of aryl methyl sites for hydroxylation is 2. The fourth-order valence-electron chi connectivity index (χ4n) is 2.70. The van der Waals surface area contributed by atoms with Gasteiger partial charge in [-0.25, -0.2) is 0 Å². The van der Waals surface area contributed by atoms with Gasteiger partial charge < -0.3 is 10.1 Å². The van der Waals surface area contributed by atoms with Gasteiger partial charge in [0.05, 0.1) is 10.7 Å². The van der Waals surface area contributed by atoms with E-state index in [0.29, 0.717) is 22.9 Å². The van der Waals surface area contributed by atoms with E-state index in [1.165, 1.54) is 0 Å². The highest BCUT2D eigenvalue weighted by Gasteiger charge is 2.11. The van der Waals surface area contributed by atoms with Crippen molar-refractivity contribution in [2.45, 2.75) is 20.5 Å². The average molecular weight is 366 g/mol. The summed E-state index contributed by atoms with van der Waals surface area (Å²) in [6.07, 6.45) is 0. The first-order valence-electron chi connectivity index (χ1n) is 8.38. The van der Waals surface area contributed by atoms with Crippen LogP contribution in [0.1, 0.15) is 27.0 Å². The topological polar surface area (TPSA) is 38.3 Å². The minimum absolute atomic E-state index is 0.200. The summed E-state index contributed by atoms with van der Waals surface area (Å²) in [5.74, 6) is 0.517. The lowest BCUT2D eigenvalue weighted by molar-refractivity contribution is 0.102. The van der Waals surface area contributed by atoms with Crippen LogP contribution in [0.3, 0.4) is 0 Å². The fourth-order valence-corrected chi connectivity index (χ4v) is 3.07. The lowest BCUT2D eigenvalue weighted by Crippen LogP contribution is -2.13. The van der Waals surface area contributed by atoms with Crippen LogP contribution in [0.15, 0.2) is 66.7 Å². The molecule has 3 rings (SSSR count). The molecule has 0 fully saturated rings. The van der Waals surface area contributed by atoms with E-state index in [-0.39, 0.29) is 5.91 Å². The lowest BCUT2D eigenvalue weighted by Gasteiger charge is -2.12. The van der Waals surface area contributed by atoms with Gasteiger partial charge in [-0.15, -0.1) is 0 Å². The molecule has 0 saturated carbocycles. The molecular formula is C22H20ClNO2. The van der Waals surface area contributed by atoms with Crippen LogP contribution >= 0.6 is 11.6 Å². The van der Waals surface area contributed by atoms with Crippen molar-refractivity contribution in [3.8, 4) is 5.75 Å². The SMILES string of the molecule is Cc1cc(C)c(NC(=O)c2ccc(OCc3ccccc3)cc2)c(Cl)c1. The Labute approximate surface area is 158 Å². The number of rotatable bonds is 5. The highest BCUT2D eigenvalue weighted by Crippen LogP contribution is 2.28. The third-order valence-electron chi connectivity index (χ3n) is 4.04. The van der Waals surface area contributed by atoms with E-state index >= 15 is 0 Å². The van der Waals surface area contributed by atoms with Crippen LogP contribution < -0.4 is 10.1 Å². The summed E-state index contributed by atoms with van der Waals surface area (Å²) in [5.41, 5.74) is 4.29. The molecule has 0 aliphatic rings. The second kappa shape index (κ2) is 8.07. The third-order valence-corrected chi connectivity index (χ3v) is 4.33. The Hall–Kier alpha value is -2.78. The molecule has 26 heavy (non-hydrogen) atoms. The van der Waals surface area contributed by atoms with Crippen LogP contribution in [0.4, 0.5) is 5.69 Å². The van der Waals surface area contributed by atoms with Crippen LogP contribution in [0, 0.1) is 13.8 Å². The van der Waals surface area contributed by atoms with Gasteiger partial charge in [0.15, 0.2) is 0 Å². The van der Waals surface area contributed by atoms with Crippen molar-refractivity contribution in [2.75, 3.05) is 5.32 Å². The number of carbonyl (C=O) groups excluding carboxylic acids is 1.